The third-order valence-electron chi connectivity index (χ3n) is 4.70. The van der Waals surface area contributed by atoms with Gasteiger partial charge in [-0.1, -0.05) is 29.8 Å². The van der Waals surface area contributed by atoms with Crippen molar-refractivity contribution in [2.45, 2.75) is 19.4 Å². The van der Waals surface area contributed by atoms with Gasteiger partial charge in [-0.25, -0.2) is 4.98 Å². The Bertz CT molecular complexity index is 902. The average Bonchev–Trinajstić information content (AvgIpc) is 3.34. The largest absolute Gasteiger partial charge is 0.495 e. The highest BCUT2D eigenvalue weighted by molar-refractivity contribution is 6.32. The monoisotopic (exact) mass is 368 g/mol. The summed E-state index contributed by atoms with van der Waals surface area (Å²) < 4.78 is 5.28. The SMILES string of the molecule is COc1cc(-c2nc(-c3cccc(CN4CCCC4)c3)n[nH]2)ccc1Cl. The third kappa shape index (κ3) is 3.59. The Morgan fingerprint density at radius 1 is 1.12 bits per heavy atom. The summed E-state index contributed by atoms with van der Waals surface area (Å²) in [6.45, 7) is 3.36. The average molecular weight is 369 g/mol. The lowest BCUT2D eigenvalue weighted by Crippen LogP contribution is -2.18. The van der Waals surface area contributed by atoms with Gasteiger partial charge in [0.05, 0.1) is 12.1 Å². The van der Waals surface area contributed by atoms with E-state index in [-0.39, 0.29) is 0 Å². The van der Waals surface area contributed by atoms with Crippen molar-refractivity contribution in [3.63, 3.8) is 0 Å². The van der Waals surface area contributed by atoms with E-state index >= 15 is 0 Å². The molecule has 4 rings (SSSR count). The van der Waals surface area contributed by atoms with Crippen molar-refractivity contribution in [1.82, 2.24) is 20.1 Å². The highest BCUT2D eigenvalue weighted by atomic mass is 35.5. The molecule has 0 atom stereocenters. The fourth-order valence-corrected chi connectivity index (χ4v) is 3.53. The van der Waals surface area contributed by atoms with Crippen molar-refractivity contribution in [2.24, 2.45) is 0 Å². The first-order valence-electron chi connectivity index (χ1n) is 8.81. The van der Waals surface area contributed by atoms with E-state index in [0.717, 1.165) is 17.7 Å². The molecule has 3 aromatic rings. The van der Waals surface area contributed by atoms with Crippen LogP contribution in [0.15, 0.2) is 42.5 Å². The van der Waals surface area contributed by atoms with Gasteiger partial charge in [0.15, 0.2) is 11.6 Å². The van der Waals surface area contributed by atoms with Crippen LogP contribution in [-0.2, 0) is 6.54 Å². The van der Waals surface area contributed by atoms with Crippen LogP contribution in [0.2, 0.25) is 5.02 Å². The van der Waals surface area contributed by atoms with E-state index in [1.807, 2.05) is 18.2 Å². The van der Waals surface area contributed by atoms with E-state index in [0.29, 0.717) is 22.4 Å². The molecule has 0 aliphatic carbocycles. The van der Waals surface area contributed by atoms with Gasteiger partial charge < -0.3 is 4.74 Å². The van der Waals surface area contributed by atoms with Gasteiger partial charge in [0, 0.05) is 17.7 Å². The number of H-pyrrole nitrogens is 1. The number of rotatable bonds is 5. The zero-order valence-corrected chi connectivity index (χ0v) is 15.5. The lowest BCUT2D eigenvalue weighted by atomic mass is 10.1. The minimum atomic E-state index is 0.575. The molecule has 2 heterocycles. The number of ether oxygens (including phenoxy) is 1. The van der Waals surface area contributed by atoms with Gasteiger partial charge in [0.2, 0.25) is 0 Å². The van der Waals surface area contributed by atoms with Crippen LogP contribution in [0.3, 0.4) is 0 Å². The Balaban J connectivity index is 1.58. The zero-order valence-electron chi connectivity index (χ0n) is 14.7. The van der Waals surface area contributed by atoms with Gasteiger partial charge in [0.1, 0.15) is 5.75 Å². The maximum atomic E-state index is 6.10. The first kappa shape index (κ1) is 17.1. The molecule has 6 heteroatoms. The number of aromatic amines is 1. The van der Waals surface area contributed by atoms with E-state index in [2.05, 4.69) is 38.3 Å². The van der Waals surface area contributed by atoms with Gasteiger partial charge in [-0.15, -0.1) is 0 Å². The van der Waals surface area contributed by atoms with Gasteiger partial charge >= 0.3 is 0 Å². The topological polar surface area (TPSA) is 54.0 Å². The lowest BCUT2D eigenvalue weighted by molar-refractivity contribution is 0.331. The molecule has 0 unspecified atom stereocenters. The minimum absolute atomic E-state index is 0.575. The smallest absolute Gasteiger partial charge is 0.181 e. The molecule has 5 nitrogen and oxygen atoms in total. The Labute approximate surface area is 158 Å². The van der Waals surface area contributed by atoms with Gasteiger partial charge in [-0.05, 0) is 55.8 Å². The molecule has 1 aliphatic rings. The summed E-state index contributed by atoms with van der Waals surface area (Å²) in [5, 5.41) is 7.98. The molecule has 0 spiro atoms. The maximum absolute atomic E-state index is 6.10. The quantitative estimate of drug-likeness (QED) is 0.725. The van der Waals surface area contributed by atoms with Crippen LogP contribution in [0.4, 0.5) is 0 Å². The molecule has 1 fully saturated rings. The number of hydrogen-bond donors (Lipinski definition) is 1. The second-order valence-electron chi connectivity index (χ2n) is 6.54. The Hall–Kier alpha value is -2.37. The molecule has 0 bridgehead atoms. The lowest BCUT2D eigenvalue weighted by Gasteiger charge is -2.14. The summed E-state index contributed by atoms with van der Waals surface area (Å²) in [6.07, 6.45) is 2.60. The van der Waals surface area contributed by atoms with E-state index in [4.69, 9.17) is 16.3 Å². The summed E-state index contributed by atoms with van der Waals surface area (Å²) >= 11 is 6.10. The molecule has 1 saturated heterocycles. The summed E-state index contributed by atoms with van der Waals surface area (Å²) in [5.74, 6) is 2.01. The maximum Gasteiger partial charge on any atom is 0.181 e. The number of benzene rings is 2. The number of nitrogens with one attached hydrogen (secondary N) is 1. The second-order valence-corrected chi connectivity index (χ2v) is 6.95. The number of aromatic nitrogens is 3. The molecule has 134 valence electrons. The van der Waals surface area contributed by atoms with Gasteiger partial charge in [-0.3, -0.25) is 10.00 Å². The molecule has 1 aliphatic heterocycles. The van der Waals surface area contributed by atoms with Crippen LogP contribution in [0, 0.1) is 0 Å². The molecule has 26 heavy (non-hydrogen) atoms. The standard InChI is InChI=1S/C20H21ClN4O/c1-26-18-12-16(7-8-17(18)21)20-22-19(23-24-20)15-6-4-5-14(11-15)13-25-9-2-3-10-25/h4-8,11-12H,2-3,9-10,13H2,1H3,(H,22,23,24). The zero-order chi connectivity index (χ0) is 17.9. The third-order valence-corrected chi connectivity index (χ3v) is 5.01. The fraction of sp³-hybridized carbons (Fsp3) is 0.300. The highest BCUT2D eigenvalue weighted by Crippen LogP contribution is 2.29. The molecule has 1 aromatic heterocycles. The molecular weight excluding hydrogens is 348 g/mol. The van der Waals surface area contributed by atoms with E-state index in [9.17, 15) is 0 Å². The Morgan fingerprint density at radius 3 is 2.77 bits per heavy atom. The number of methoxy groups -OCH3 is 1. The predicted molar refractivity (Wildman–Crippen MR) is 103 cm³/mol. The molecule has 0 radical (unpaired) electrons. The summed E-state index contributed by atoms with van der Waals surface area (Å²) in [4.78, 5) is 7.14. The first-order chi connectivity index (χ1) is 12.7. The van der Waals surface area contributed by atoms with Crippen LogP contribution < -0.4 is 4.74 Å². The molecule has 0 saturated carbocycles. The van der Waals surface area contributed by atoms with Crippen molar-refractivity contribution < 1.29 is 4.74 Å². The van der Waals surface area contributed by atoms with Crippen molar-refractivity contribution >= 4 is 11.6 Å². The predicted octanol–water partition coefficient (Wildman–Crippen LogP) is 4.40. The van der Waals surface area contributed by atoms with Gasteiger partial charge in [-0.2, -0.15) is 5.10 Å². The Kier molecular flexibility index (Phi) is 4.91. The number of halogens is 1. The van der Waals surface area contributed by atoms with Crippen molar-refractivity contribution in [2.75, 3.05) is 20.2 Å². The van der Waals surface area contributed by atoms with Crippen LogP contribution >= 0.6 is 11.6 Å². The van der Waals surface area contributed by atoms with E-state index in [1.165, 1.54) is 31.5 Å². The number of nitrogens with zero attached hydrogens (tertiary/aromatic N) is 3. The normalized spacial score (nSPS) is 14.7. The molecule has 0 amide bonds. The van der Waals surface area contributed by atoms with Crippen LogP contribution in [0.5, 0.6) is 5.75 Å². The number of hydrogen-bond acceptors (Lipinski definition) is 4. The minimum Gasteiger partial charge on any atom is -0.495 e. The molecule has 2 aromatic carbocycles. The highest BCUT2D eigenvalue weighted by Gasteiger charge is 2.14. The van der Waals surface area contributed by atoms with Crippen molar-refractivity contribution in [3.8, 4) is 28.5 Å². The fourth-order valence-electron chi connectivity index (χ4n) is 3.33. The summed E-state index contributed by atoms with van der Waals surface area (Å²) in [5.41, 5.74) is 3.20. The van der Waals surface area contributed by atoms with E-state index < -0.39 is 0 Å². The summed E-state index contributed by atoms with van der Waals surface area (Å²) in [6, 6.07) is 14.0. The van der Waals surface area contributed by atoms with Gasteiger partial charge in [0.25, 0.3) is 0 Å². The molecular formula is C20H21ClN4O. The number of likely N-dealkylation sites (tertiary alicyclic amines) is 1. The van der Waals surface area contributed by atoms with E-state index in [1.54, 1.807) is 13.2 Å². The first-order valence-corrected chi connectivity index (χ1v) is 9.19. The van der Waals surface area contributed by atoms with Crippen molar-refractivity contribution in [3.05, 3.63) is 53.1 Å². The summed E-state index contributed by atoms with van der Waals surface area (Å²) in [7, 11) is 1.60. The van der Waals surface area contributed by atoms with Crippen LogP contribution in [-0.4, -0.2) is 40.3 Å². The van der Waals surface area contributed by atoms with Crippen molar-refractivity contribution in [1.29, 1.82) is 0 Å². The Morgan fingerprint density at radius 2 is 1.96 bits per heavy atom. The van der Waals surface area contributed by atoms with Crippen LogP contribution in [0.25, 0.3) is 22.8 Å². The van der Waals surface area contributed by atoms with Crippen LogP contribution in [0.1, 0.15) is 18.4 Å². The second kappa shape index (κ2) is 7.48. The molecule has 1 N–H and O–H groups in total.